The topological polar surface area (TPSA) is 196 Å². The van der Waals surface area contributed by atoms with Gasteiger partial charge in [-0.05, 0) is 17.7 Å². The Morgan fingerprint density at radius 1 is 0.811 bits per heavy atom. The monoisotopic (exact) mass is 518 g/mol. The molecule has 0 spiro atoms. The first kappa shape index (κ1) is 30.5. The van der Waals surface area contributed by atoms with Gasteiger partial charge in [-0.2, -0.15) is 0 Å². The number of hydrogen-bond donors (Lipinski definition) is 5. The fraction of sp³-hybridized carbons (Fsp3) is 0.292. The van der Waals surface area contributed by atoms with Gasteiger partial charge in [-0.25, -0.2) is 9.59 Å². The fourth-order valence-electron chi connectivity index (χ4n) is 3.19. The smallest absolute Gasteiger partial charge is 0.351 e. The van der Waals surface area contributed by atoms with E-state index in [9.17, 15) is 4.79 Å². The highest BCUT2D eigenvalue weighted by Gasteiger charge is 2.23. The Morgan fingerprint density at radius 2 is 1.24 bits per heavy atom. The van der Waals surface area contributed by atoms with Crippen molar-refractivity contribution in [1.82, 2.24) is 5.43 Å². The van der Waals surface area contributed by atoms with Crippen LogP contribution >= 0.6 is 0 Å². The Labute approximate surface area is 213 Å². The molecule has 1 aliphatic heterocycles. The molecule has 13 heteroatoms. The van der Waals surface area contributed by atoms with Crippen LogP contribution in [0.25, 0.3) is 0 Å². The van der Waals surface area contributed by atoms with E-state index in [1.165, 1.54) is 10.5 Å². The summed E-state index contributed by atoms with van der Waals surface area (Å²) in [6.45, 7) is 5.57. The van der Waals surface area contributed by atoms with Gasteiger partial charge in [0.15, 0.2) is 18.5 Å². The summed E-state index contributed by atoms with van der Waals surface area (Å²) in [5, 5.41) is 34.6. The Hall–Kier alpha value is -4.49. The number of carbonyl (C=O) groups is 5. The molecule has 13 nitrogen and oxygen atoms in total. The minimum absolute atomic E-state index is 0.0781. The van der Waals surface area contributed by atoms with E-state index in [2.05, 4.69) is 24.6 Å². The van der Waals surface area contributed by atoms with E-state index in [0.717, 1.165) is 31.9 Å². The predicted molar refractivity (Wildman–Crippen MR) is 125 cm³/mol. The van der Waals surface area contributed by atoms with E-state index in [4.69, 9.17) is 39.6 Å². The van der Waals surface area contributed by atoms with Gasteiger partial charge < -0.3 is 39.8 Å². The molecule has 2 aromatic rings. The van der Waals surface area contributed by atoms with Crippen molar-refractivity contribution >= 4 is 35.5 Å². The maximum absolute atomic E-state index is 12.6. The molecule has 0 unspecified atom stereocenters. The number of hydrazine groups is 1. The van der Waals surface area contributed by atoms with Crippen LogP contribution in [0.4, 0.5) is 5.69 Å². The number of carboxylic acids is 4. The van der Waals surface area contributed by atoms with Gasteiger partial charge in [-0.3, -0.25) is 15.2 Å². The van der Waals surface area contributed by atoms with Crippen LogP contribution < -0.4 is 30.4 Å². The lowest BCUT2D eigenvalue weighted by Gasteiger charge is -2.29. The zero-order valence-corrected chi connectivity index (χ0v) is 20.2. The lowest BCUT2D eigenvalue weighted by Crippen LogP contribution is -3.27. The highest BCUT2D eigenvalue weighted by molar-refractivity contribution is 6.26. The number of amides is 1. The molecule has 1 amide bonds. The molecule has 1 aliphatic rings. The van der Waals surface area contributed by atoms with E-state index in [1.54, 1.807) is 4.90 Å². The normalized spacial score (nSPS) is 15.9. The average Bonchev–Trinajstić information content (AvgIpc) is 2.87. The Morgan fingerprint density at radius 3 is 1.68 bits per heavy atom. The number of benzene rings is 2. The molecule has 0 aliphatic carbocycles. The lowest BCUT2D eigenvalue weighted by molar-refractivity contribution is -1.000. The van der Waals surface area contributed by atoms with Crippen molar-refractivity contribution in [3.63, 3.8) is 0 Å². The standard InChI is InChI=1S/C20H26N4O.2C2H2O4/c1-22-12-14-23(15-13-22)17-20(25)21-24(19-10-6-3-7-11-19)16-18-8-4-2-5-9-18;2*3-1(4)2(5)6/h2-11H,12-17H2,1H3,(H,21,25);2*(H,3,4)(H,5,6). The molecule has 0 aromatic heterocycles. The summed E-state index contributed by atoms with van der Waals surface area (Å²) in [7, 11) is 2.22. The zero-order valence-electron chi connectivity index (χ0n) is 20.2. The Balaban J connectivity index is 0.000000476. The van der Waals surface area contributed by atoms with Crippen LogP contribution in [0, 0.1) is 0 Å². The van der Waals surface area contributed by atoms with Crippen molar-refractivity contribution < 1.29 is 54.2 Å². The zero-order chi connectivity index (χ0) is 27.8. The molecule has 3 rings (SSSR count). The molecule has 0 radical (unpaired) electrons. The van der Waals surface area contributed by atoms with E-state index >= 15 is 0 Å². The molecule has 1 heterocycles. The van der Waals surface area contributed by atoms with Crippen LogP contribution in [-0.4, -0.2) is 79.8 Å². The largest absolute Gasteiger partial charge is 0.539 e. The number of aliphatic carboxylic acids is 4. The second-order valence-corrected chi connectivity index (χ2v) is 8.01. The molecule has 200 valence electrons. The van der Waals surface area contributed by atoms with Gasteiger partial charge in [0.2, 0.25) is 0 Å². The minimum atomic E-state index is -2.07. The van der Waals surface area contributed by atoms with Crippen molar-refractivity contribution in [1.29, 1.82) is 0 Å². The molecule has 0 bridgehead atoms. The van der Waals surface area contributed by atoms with Crippen molar-refractivity contribution in [2.75, 3.05) is 44.8 Å². The third-order valence-electron chi connectivity index (χ3n) is 5.08. The van der Waals surface area contributed by atoms with Crippen LogP contribution in [0.3, 0.4) is 0 Å². The highest BCUT2D eigenvalue weighted by Crippen LogP contribution is 2.14. The summed E-state index contributed by atoms with van der Waals surface area (Å²) >= 11 is 0. The number of hydrogen-bond acceptors (Lipinski definition) is 8. The number of carboxylic acid groups (broad SMARTS) is 4. The maximum atomic E-state index is 12.6. The first-order chi connectivity index (χ1) is 17.5. The van der Waals surface area contributed by atoms with E-state index in [0.29, 0.717) is 13.1 Å². The molecule has 1 saturated heterocycles. The number of carbonyl (C=O) groups excluding carboxylic acids is 3. The number of para-hydroxylation sites is 1. The van der Waals surface area contributed by atoms with Crippen LogP contribution in [0.15, 0.2) is 60.7 Å². The van der Waals surface area contributed by atoms with Gasteiger partial charge in [0, 0.05) is 0 Å². The van der Waals surface area contributed by atoms with Crippen LogP contribution in [0.5, 0.6) is 0 Å². The van der Waals surface area contributed by atoms with Crippen molar-refractivity contribution in [2.45, 2.75) is 6.54 Å². The summed E-state index contributed by atoms with van der Waals surface area (Å²) in [5.41, 5.74) is 5.27. The van der Waals surface area contributed by atoms with Gasteiger partial charge in [0.25, 0.3) is 5.91 Å². The van der Waals surface area contributed by atoms with E-state index < -0.39 is 23.9 Å². The molecule has 1 fully saturated rings. The van der Waals surface area contributed by atoms with Crippen LogP contribution in [0.2, 0.25) is 0 Å². The molecular weight excluding hydrogens is 488 g/mol. The van der Waals surface area contributed by atoms with Crippen LogP contribution in [0.1, 0.15) is 5.56 Å². The third-order valence-corrected chi connectivity index (χ3v) is 5.08. The number of nitrogens with zero attached hydrogens (tertiary/aromatic N) is 1. The first-order valence-corrected chi connectivity index (χ1v) is 11.2. The first-order valence-electron chi connectivity index (χ1n) is 11.2. The summed E-state index contributed by atoms with van der Waals surface area (Å²) in [6, 6.07) is 20.2. The Kier molecular flexibility index (Phi) is 13.4. The summed E-state index contributed by atoms with van der Waals surface area (Å²) in [6.07, 6.45) is 0. The van der Waals surface area contributed by atoms with Gasteiger partial charge in [0.05, 0.1) is 19.3 Å². The van der Waals surface area contributed by atoms with Gasteiger partial charge >= 0.3 is 11.9 Å². The highest BCUT2D eigenvalue weighted by atomic mass is 16.4. The van der Waals surface area contributed by atoms with E-state index in [-0.39, 0.29) is 5.91 Å². The molecule has 37 heavy (non-hydrogen) atoms. The number of quaternary nitrogens is 2. The SMILES string of the molecule is C[NH+]1CC[NH+](CC(=O)NN(Cc2ccccc2)c2ccccc2)CC1.O=C([O-])C(=O)O.O=C([O-])C(=O)O. The minimum Gasteiger partial charge on any atom is -0.539 e. The lowest BCUT2D eigenvalue weighted by atomic mass is 10.2. The molecule has 2 aromatic carbocycles. The second-order valence-electron chi connectivity index (χ2n) is 8.01. The van der Waals surface area contributed by atoms with Crippen LogP contribution in [-0.2, 0) is 30.5 Å². The summed E-state index contributed by atoms with van der Waals surface area (Å²) in [4.78, 5) is 51.6. The fourth-order valence-corrected chi connectivity index (χ4v) is 3.19. The van der Waals surface area contributed by atoms with Gasteiger partial charge in [-0.15, -0.1) is 0 Å². The van der Waals surface area contributed by atoms with Crippen molar-refractivity contribution in [2.24, 2.45) is 0 Å². The molecular formula is C24H30N4O9. The van der Waals surface area contributed by atoms with Crippen molar-refractivity contribution in [3.8, 4) is 0 Å². The van der Waals surface area contributed by atoms with Gasteiger partial charge in [-0.1, -0.05) is 48.5 Å². The number of piperazine rings is 1. The average molecular weight is 519 g/mol. The third kappa shape index (κ3) is 13.2. The molecule has 0 saturated carbocycles. The molecule has 0 atom stereocenters. The molecule has 5 N–H and O–H groups in total. The number of nitrogens with one attached hydrogen (secondary N) is 3. The number of likely N-dealkylation sites (N-methyl/N-ethyl adjacent to an activating group) is 1. The predicted octanol–water partition coefficient (Wildman–Crippen LogP) is -5.22. The number of rotatable bonds is 6. The Bertz CT molecular complexity index is 979. The number of anilines is 1. The van der Waals surface area contributed by atoms with E-state index in [1.807, 2.05) is 53.5 Å². The van der Waals surface area contributed by atoms with Gasteiger partial charge in [0.1, 0.15) is 26.2 Å². The van der Waals surface area contributed by atoms with Crippen molar-refractivity contribution in [3.05, 3.63) is 66.2 Å². The maximum Gasteiger partial charge on any atom is 0.351 e. The summed E-state index contributed by atoms with van der Waals surface area (Å²) < 4.78 is 0. The second kappa shape index (κ2) is 16.2. The quantitative estimate of drug-likeness (QED) is 0.182. The summed E-state index contributed by atoms with van der Waals surface area (Å²) in [5.74, 6) is -7.94.